The third-order valence-electron chi connectivity index (χ3n) is 2.71. The summed E-state index contributed by atoms with van der Waals surface area (Å²) in [5.41, 5.74) is 0.444. The van der Waals surface area contributed by atoms with E-state index in [-0.39, 0.29) is 0 Å². The van der Waals surface area contributed by atoms with Crippen LogP contribution in [0.25, 0.3) is 0 Å². The van der Waals surface area contributed by atoms with Crippen LogP contribution in [0.2, 0.25) is 0 Å². The number of rotatable bonds is 6. The first-order valence-corrected chi connectivity index (χ1v) is 6.17. The molecular weight excluding hydrogens is 244 g/mol. The molecule has 5 nitrogen and oxygen atoms in total. The van der Waals surface area contributed by atoms with Crippen LogP contribution in [0.5, 0.6) is 0 Å². The first kappa shape index (κ1) is 15.2. The Kier molecular flexibility index (Phi) is 5.06. The van der Waals surface area contributed by atoms with Crippen molar-refractivity contribution in [3.8, 4) is 0 Å². The quantitative estimate of drug-likeness (QED) is 0.713. The van der Waals surface area contributed by atoms with Crippen molar-refractivity contribution in [1.82, 2.24) is 5.32 Å². The van der Waals surface area contributed by atoms with Gasteiger partial charge in [-0.05, 0) is 12.1 Å². The molecule has 1 atom stereocenters. The third kappa shape index (κ3) is 5.52. The first-order chi connectivity index (χ1) is 8.79. The molecule has 0 saturated heterocycles. The maximum absolute atomic E-state index is 11.9. The molecule has 19 heavy (non-hydrogen) atoms. The Morgan fingerprint density at radius 1 is 1.21 bits per heavy atom. The highest BCUT2D eigenvalue weighted by Crippen LogP contribution is 2.02. The zero-order chi connectivity index (χ0) is 14.5. The zero-order valence-corrected chi connectivity index (χ0v) is 11.6. The zero-order valence-electron chi connectivity index (χ0n) is 11.6. The van der Waals surface area contributed by atoms with E-state index >= 15 is 0 Å². The van der Waals surface area contributed by atoms with Crippen molar-refractivity contribution in [2.75, 3.05) is 27.7 Å². The number of carbonyl (C=O) groups is 2. The number of quaternary nitrogens is 1. The molecule has 0 aromatic heterocycles. The van der Waals surface area contributed by atoms with Crippen molar-refractivity contribution in [2.45, 2.75) is 12.5 Å². The van der Waals surface area contributed by atoms with Crippen molar-refractivity contribution in [2.24, 2.45) is 0 Å². The lowest BCUT2D eigenvalue weighted by atomic mass is 10.1. The molecule has 0 heterocycles. The van der Waals surface area contributed by atoms with Crippen LogP contribution in [-0.2, 0) is 4.79 Å². The van der Waals surface area contributed by atoms with E-state index in [1.165, 1.54) is 0 Å². The summed E-state index contributed by atoms with van der Waals surface area (Å²) < 4.78 is 0.630. The summed E-state index contributed by atoms with van der Waals surface area (Å²) in [6.07, 6.45) is 0.338. The highest BCUT2D eigenvalue weighted by atomic mass is 16.4. The van der Waals surface area contributed by atoms with Gasteiger partial charge in [0.1, 0.15) is 0 Å². The van der Waals surface area contributed by atoms with E-state index in [1.807, 2.05) is 21.1 Å². The minimum absolute atomic E-state index is 0.338. The molecule has 1 aromatic rings. The lowest BCUT2D eigenvalue weighted by Crippen LogP contribution is -2.50. The first-order valence-electron chi connectivity index (χ1n) is 6.17. The predicted octanol–water partition coefficient (Wildman–Crippen LogP) is -0.369. The van der Waals surface area contributed by atoms with E-state index in [2.05, 4.69) is 5.32 Å². The average Bonchev–Trinajstić information content (AvgIpc) is 2.33. The van der Waals surface area contributed by atoms with Crippen LogP contribution < -0.4 is 10.4 Å². The van der Waals surface area contributed by atoms with Gasteiger partial charge >= 0.3 is 0 Å². The van der Waals surface area contributed by atoms with E-state index in [9.17, 15) is 14.7 Å². The molecule has 0 aliphatic heterocycles. The van der Waals surface area contributed by atoms with Gasteiger partial charge in [0.05, 0.1) is 39.7 Å². The van der Waals surface area contributed by atoms with Gasteiger partial charge < -0.3 is 19.7 Å². The number of hydrogen-bond donors (Lipinski definition) is 1. The highest BCUT2D eigenvalue weighted by Gasteiger charge is 2.18. The largest absolute Gasteiger partial charge is 0.548 e. The Balaban J connectivity index is 2.64. The second-order valence-corrected chi connectivity index (χ2v) is 5.51. The third-order valence-corrected chi connectivity index (χ3v) is 2.71. The molecule has 5 heteroatoms. The molecule has 0 aliphatic carbocycles. The van der Waals surface area contributed by atoms with Crippen LogP contribution in [0.4, 0.5) is 0 Å². The smallest absolute Gasteiger partial charge is 0.251 e. The summed E-state index contributed by atoms with van der Waals surface area (Å²) in [6.45, 7) is 0.633. The SMILES string of the molecule is C[N+](C)(C)CCC(NC(=O)c1ccccc1)C(=O)[O-]. The van der Waals surface area contributed by atoms with E-state index in [0.29, 0.717) is 23.0 Å². The average molecular weight is 264 g/mol. The van der Waals surface area contributed by atoms with Gasteiger partial charge in [-0.1, -0.05) is 18.2 Å². The summed E-state index contributed by atoms with van der Waals surface area (Å²) in [5, 5.41) is 13.5. The van der Waals surface area contributed by atoms with Crippen LogP contribution in [0.1, 0.15) is 16.8 Å². The molecule has 1 aromatic carbocycles. The Labute approximate surface area is 113 Å². The minimum atomic E-state index is -1.25. The van der Waals surface area contributed by atoms with Gasteiger partial charge in [0, 0.05) is 12.0 Å². The molecular formula is C14H20N2O3. The van der Waals surface area contributed by atoms with Gasteiger partial charge in [-0.3, -0.25) is 4.79 Å². The van der Waals surface area contributed by atoms with Crippen molar-refractivity contribution in [1.29, 1.82) is 0 Å². The number of amides is 1. The molecule has 0 bridgehead atoms. The second-order valence-electron chi connectivity index (χ2n) is 5.51. The van der Waals surface area contributed by atoms with E-state index in [1.54, 1.807) is 30.3 Å². The summed E-state index contributed by atoms with van der Waals surface area (Å²) in [4.78, 5) is 22.9. The number of benzene rings is 1. The molecule has 104 valence electrons. The van der Waals surface area contributed by atoms with Crippen molar-refractivity contribution in [3.05, 3.63) is 35.9 Å². The normalized spacial score (nSPS) is 12.8. The Morgan fingerprint density at radius 3 is 2.26 bits per heavy atom. The lowest BCUT2D eigenvalue weighted by Gasteiger charge is -2.27. The van der Waals surface area contributed by atoms with Crippen molar-refractivity contribution >= 4 is 11.9 Å². The predicted molar refractivity (Wildman–Crippen MR) is 70.2 cm³/mol. The van der Waals surface area contributed by atoms with Gasteiger partial charge in [0.25, 0.3) is 5.91 Å². The van der Waals surface area contributed by atoms with Gasteiger partial charge in [0.15, 0.2) is 0 Å². The fourth-order valence-corrected chi connectivity index (χ4v) is 1.60. The standard InChI is InChI=1S/C14H20N2O3/c1-16(2,3)10-9-12(14(18)19)15-13(17)11-7-5-4-6-8-11/h4-8,12H,9-10H2,1-3H3,(H-,15,17,18,19). The lowest BCUT2D eigenvalue weighted by molar-refractivity contribution is -0.870. The van der Waals surface area contributed by atoms with E-state index in [4.69, 9.17) is 0 Å². The highest BCUT2D eigenvalue weighted by molar-refractivity contribution is 5.96. The van der Waals surface area contributed by atoms with Crippen LogP contribution in [0.15, 0.2) is 30.3 Å². The summed E-state index contributed by atoms with van der Waals surface area (Å²) in [6, 6.07) is 7.57. The summed E-state index contributed by atoms with van der Waals surface area (Å²) in [5.74, 6) is -1.64. The number of hydrogen-bond acceptors (Lipinski definition) is 3. The van der Waals surface area contributed by atoms with E-state index < -0.39 is 17.9 Å². The topological polar surface area (TPSA) is 69.2 Å². The maximum Gasteiger partial charge on any atom is 0.251 e. The molecule has 1 unspecified atom stereocenters. The molecule has 0 aliphatic rings. The molecule has 1 amide bonds. The Bertz CT molecular complexity index is 438. The molecule has 0 radical (unpaired) electrons. The number of nitrogens with one attached hydrogen (secondary N) is 1. The Morgan fingerprint density at radius 2 is 1.79 bits per heavy atom. The minimum Gasteiger partial charge on any atom is -0.548 e. The monoisotopic (exact) mass is 264 g/mol. The van der Waals surface area contributed by atoms with Gasteiger partial charge in [-0.2, -0.15) is 0 Å². The van der Waals surface area contributed by atoms with Crippen molar-refractivity contribution in [3.63, 3.8) is 0 Å². The van der Waals surface area contributed by atoms with Crippen molar-refractivity contribution < 1.29 is 19.2 Å². The van der Waals surface area contributed by atoms with Crippen LogP contribution in [0, 0.1) is 0 Å². The number of nitrogens with zero attached hydrogens (tertiary/aromatic N) is 1. The fourth-order valence-electron chi connectivity index (χ4n) is 1.60. The molecule has 1 rings (SSSR count). The number of carbonyl (C=O) groups excluding carboxylic acids is 2. The van der Waals surface area contributed by atoms with Crippen LogP contribution in [-0.4, -0.2) is 50.1 Å². The summed E-state index contributed by atoms with van der Waals surface area (Å²) in [7, 11) is 5.89. The molecule has 0 fully saturated rings. The van der Waals surface area contributed by atoms with Crippen LogP contribution in [0.3, 0.4) is 0 Å². The van der Waals surface area contributed by atoms with Gasteiger partial charge in [-0.25, -0.2) is 0 Å². The number of carboxylic acid groups (broad SMARTS) is 1. The maximum atomic E-state index is 11.9. The second kappa shape index (κ2) is 6.33. The summed E-state index contributed by atoms with van der Waals surface area (Å²) >= 11 is 0. The van der Waals surface area contributed by atoms with E-state index in [0.717, 1.165) is 0 Å². The number of carboxylic acids is 1. The van der Waals surface area contributed by atoms with Gasteiger partial charge in [-0.15, -0.1) is 0 Å². The molecule has 0 saturated carbocycles. The Hall–Kier alpha value is -1.88. The van der Waals surface area contributed by atoms with Crippen LogP contribution >= 0.6 is 0 Å². The molecule has 0 spiro atoms. The fraction of sp³-hybridized carbons (Fsp3) is 0.429. The van der Waals surface area contributed by atoms with Gasteiger partial charge in [0.2, 0.25) is 0 Å². The number of aliphatic carboxylic acids is 1. The molecule has 1 N–H and O–H groups in total.